The van der Waals surface area contributed by atoms with Gasteiger partial charge in [0.1, 0.15) is 5.58 Å². The molecule has 3 aromatic heterocycles. The molecule has 54 heavy (non-hydrogen) atoms. The van der Waals surface area contributed by atoms with Gasteiger partial charge in [-0.15, -0.1) is 0 Å². The van der Waals surface area contributed by atoms with Gasteiger partial charge in [-0.05, 0) is 52.2 Å². The lowest BCUT2D eigenvalue weighted by Gasteiger charge is -2.13. The highest BCUT2D eigenvalue weighted by molar-refractivity contribution is 6.22. The maximum atomic E-state index is 6.85. The number of furan rings is 1. The van der Waals surface area contributed by atoms with Crippen LogP contribution in [0.25, 0.3) is 105 Å². The molecule has 0 unspecified atom stereocenters. The van der Waals surface area contributed by atoms with Gasteiger partial charge in [-0.2, -0.15) is 0 Å². The second-order valence-electron chi connectivity index (χ2n) is 13.6. The van der Waals surface area contributed by atoms with E-state index in [-0.39, 0.29) is 0 Å². The van der Waals surface area contributed by atoms with Crippen molar-refractivity contribution in [3.05, 3.63) is 182 Å². The van der Waals surface area contributed by atoms with Crippen LogP contribution in [0.4, 0.5) is 0 Å². The number of hydrogen-bond acceptors (Lipinski definition) is 4. The fourth-order valence-electron chi connectivity index (χ4n) is 7.96. The molecule has 0 fully saturated rings. The Hall–Kier alpha value is -7.37. The molecule has 0 amide bonds. The first-order valence-electron chi connectivity index (χ1n) is 18.1. The summed E-state index contributed by atoms with van der Waals surface area (Å²) in [5, 5.41) is 6.84. The predicted molar refractivity (Wildman–Crippen MR) is 221 cm³/mol. The molecule has 0 saturated carbocycles. The van der Waals surface area contributed by atoms with E-state index in [1.807, 2.05) is 48.5 Å². The summed E-state index contributed by atoms with van der Waals surface area (Å²) < 4.78 is 9.19. The van der Waals surface area contributed by atoms with Gasteiger partial charge in [-0.3, -0.25) is 0 Å². The van der Waals surface area contributed by atoms with Crippen molar-refractivity contribution in [3.8, 4) is 51.0 Å². The molecule has 11 aromatic rings. The zero-order valence-electron chi connectivity index (χ0n) is 29.0. The molecule has 252 valence electrons. The van der Waals surface area contributed by atoms with E-state index in [1.165, 1.54) is 21.5 Å². The highest BCUT2D eigenvalue weighted by Gasteiger charge is 2.23. The standard InChI is InChI=1S/C49H30N4O/c1-3-13-31(14-4-1)32-23-25-35(26-24-32)48-50-47(34-16-5-2-6-17-34)51-49(52-48)39-28-30-42(46-45(39)38-20-10-12-22-43(38)54-46)53-40-21-11-9-19-37(40)44-36-18-8-7-15-33(36)27-29-41(44)53/h1-30H. The van der Waals surface area contributed by atoms with Crippen molar-refractivity contribution < 1.29 is 4.42 Å². The highest BCUT2D eigenvalue weighted by Crippen LogP contribution is 2.43. The molecule has 11 rings (SSSR count). The van der Waals surface area contributed by atoms with Crippen molar-refractivity contribution in [3.63, 3.8) is 0 Å². The van der Waals surface area contributed by atoms with E-state index in [0.717, 1.165) is 66.5 Å². The Morgan fingerprint density at radius 1 is 0.370 bits per heavy atom. The van der Waals surface area contributed by atoms with Gasteiger partial charge in [0.15, 0.2) is 23.1 Å². The summed E-state index contributed by atoms with van der Waals surface area (Å²) in [5.74, 6) is 1.81. The molecule has 0 bridgehead atoms. The average Bonchev–Trinajstić information content (AvgIpc) is 3.81. The molecule has 0 radical (unpaired) electrons. The van der Waals surface area contributed by atoms with Crippen LogP contribution in [0, 0.1) is 0 Å². The van der Waals surface area contributed by atoms with Crippen molar-refractivity contribution in [1.29, 1.82) is 0 Å². The largest absolute Gasteiger partial charge is 0.454 e. The SMILES string of the molecule is c1ccc(-c2ccc(-c3nc(-c4ccccc4)nc(-c4ccc(-n5c6ccccc6c6c7ccccc7ccc65)c5oc6ccccc6c45)n3)cc2)cc1. The second-order valence-corrected chi connectivity index (χ2v) is 13.6. The first-order chi connectivity index (χ1) is 26.8. The average molecular weight is 691 g/mol. The first kappa shape index (κ1) is 30.3. The van der Waals surface area contributed by atoms with Gasteiger partial charge >= 0.3 is 0 Å². The van der Waals surface area contributed by atoms with Crippen LogP contribution in [0.5, 0.6) is 0 Å². The molecule has 8 aromatic carbocycles. The molecular weight excluding hydrogens is 661 g/mol. The number of fused-ring (bicyclic) bond motifs is 8. The molecule has 0 saturated heterocycles. The van der Waals surface area contributed by atoms with Crippen LogP contribution in [0.15, 0.2) is 186 Å². The fraction of sp³-hybridized carbons (Fsp3) is 0. The van der Waals surface area contributed by atoms with Crippen LogP contribution in [-0.4, -0.2) is 19.5 Å². The lowest BCUT2D eigenvalue weighted by Crippen LogP contribution is -2.01. The molecule has 5 nitrogen and oxygen atoms in total. The number of aromatic nitrogens is 4. The number of benzene rings is 8. The molecule has 0 spiro atoms. The normalized spacial score (nSPS) is 11.7. The van der Waals surface area contributed by atoms with Crippen LogP contribution in [0.1, 0.15) is 0 Å². The number of rotatable bonds is 5. The smallest absolute Gasteiger partial charge is 0.164 e. The molecule has 0 N–H and O–H groups in total. The van der Waals surface area contributed by atoms with Crippen LogP contribution >= 0.6 is 0 Å². The van der Waals surface area contributed by atoms with Gasteiger partial charge in [-0.1, -0.05) is 152 Å². The molecule has 0 aliphatic rings. The zero-order valence-corrected chi connectivity index (χ0v) is 29.0. The lowest BCUT2D eigenvalue weighted by molar-refractivity contribution is 0.666. The van der Waals surface area contributed by atoms with Crippen molar-refractivity contribution in [2.24, 2.45) is 0 Å². The maximum Gasteiger partial charge on any atom is 0.164 e. The van der Waals surface area contributed by atoms with E-state index in [1.54, 1.807) is 0 Å². The summed E-state index contributed by atoms with van der Waals surface area (Å²) >= 11 is 0. The van der Waals surface area contributed by atoms with Crippen LogP contribution in [-0.2, 0) is 0 Å². The Bertz CT molecular complexity index is 3200. The zero-order chi connectivity index (χ0) is 35.6. The van der Waals surface area contributed by atoms with Crippen molar-refractivity contribution in [1.82, 2.24) is 19.5 Å². The van der Waals surface area contributed by atoms with Gasteiger partial charge in [-0.25, -0.2) is 15.0 Å². The minimum absolute atomic E-state index is 0.585. The Kier molecular flexibility index (Phi) is 6.79. The molecule has 0 atom stereocenters. The van der Waals surface area contributed by atoms with Crippen molar-refractivity contribution in [2.45, 2.75) is 0 Å². The van der Waals surface area contributed by atoms with E-state index >= 15 is 0 Å². The molecular formula is C49H30N4O. The van der Waals surface area contributed by atoms with Gasteiger partial charge < -0.3 is 8.98 Å². The summed E-state index contributed by atoms with van der Waals surface area (Å²) in [7, 11) is 0. The Morgan fingerprint density at radius 2 is 0.944 bits per heavy atom. The van der Waals surface area contributed by atoms with Crippen LogP contribution in [0.3, 0.4) is 0 Å². The Labute approximate surface area is 310 Å². The van der Waals surface area contributed by atoms with E-state index in [4.69, 9.17) is 19.4 Å². The van der Waals surface area contributed by atoms with E-state index in [2.05, 4.69) is 138 Å². The topological polar surface area (TPSA) is 56.7 Å². The monoisotopic (exact) mass is 690 g/mol. The van der Waals surface area contributed by atoms with Crippen LogP contribution < -0.4 is 0 Å². The number of para-hydroxylation sites is 2. The summed E-state index contributed by atoms with van der Waals surface area (Å²) in [6.45, 7) is 0. The predicted octanol–water partition coefficient (Wildman–Crippen LogP) is 12.7. The maximum absolute atomic E-state index is 6.85. The summed E-state index contributed by atoms with van der Waals surface area (Å²) in [6, 6.07) is 63.1. The van der Waals surface area contributed by atoms with Gasteiger partial charge in [0.25, 0.3) is 0 Å². The summed E-state index contributed by atoms with van der Waals surface area (Å²) in [5.41, 5.74) is 9.80. The number of hydrogen-bond donors (Lipinski definition) is 0. The minimum Gasteiger partial charge on any atom is -0.454 e. The third-order valence-corrected chi connectivity index (χ3v) is 10.5. The van der Waals surface area contributed by atoms with Crippen molar-refractivity contribution in [2.75, 3.05) is 0 Å². The molecule has 0 aliphatic heterocycles. The Balaban J connectivity index is 1.17. The van der Waals surface area contributed by atoms with Gasteiger partial charge in [0.2, 0.25) is 0 Å². The summed E-state index contributed by atoms with van der Waals surface area (Å²) in [4.78, 5) is 15.4. The summed E-state index contributed by atoms with van der Waals surface area (Å²) in [6.07, 6.45) is 0. The van der Waals surface area contributed by atoms with Gasteiger partial charge in [0.05, 0.1) is 16.7 Å². The molecule has 3 heterocycles. The van der Waals surface area contributed by atoms with Crippen LogP contribution in [0.2, 0.25) is 0 Å². The molecule has 0 aliphatic carbocycles. The third kappa shape index (κ3) is 4.76. The molecule has 5 heteroatoms. The highest BCUT2D eigenvalue weighted by atomic mass is 16.3. The van der Waals surface area contributed by atoms with Gasteiger partial charge in [0, 0.05) is 38.2 Å². The fourth-order valence-corrected chi connectivity index (χ4v) is 7.96. The van der Waals surface area contributed by atoms with Crippen molar-refractivity contribution >= 4 is 54.5 Å². The second kappa shape index (κ2) is 12.1. The quantitative estimate of drug-likeness (QED) is 0.180. The van der Waals surface area contributed by atoms with E-state index in [0.29, 0.717) is 17.5 Å². The van der Waals surface area contributed by atoms with E-state index < -0.39 is 0 Å². The minimum atomic E-state index is 0.585. The first-order valence-corrected chi connectivity index (χ1v) is 18.1. The third-order valence-electron chi connectivity index (χ3n) is 10.5. The number of nitrogens with zero attached hydrogens (tertiary/aromatic N) is 4. The van der Waals surface area contributed by atoms with E-state index in [9.17, 15) is 0 Å². The Morgan fingerprint density at radius 3 is 1.72 bits per heavy atom. The lowest BCUT2D eigenvalue weighted by atomic mass is 10.0.